The first-order valence-electron chi connectivity index (χ1n) is 6.90. The summed E-state index contributed by atoms with van der Waals surface area (Å²) in [7, 11) is 0. The molecule has 4 N–H and O–H groups in total. The van der Waals surface area contributed by atoms with Crippen LogP contribution in [0.1, 0.15) is 15.9 Å². The molecule has 0 saturated carbocycles. The fourth-order valence-corrected chi connectivity index (χ4v) is 2.38. The van der Waals surface area contributed by atoms with Gasteiger partial charge < -0.3 is 16.2 Å². The van der Waals surface area contributed by atoms with Crippen LogP contribution in [0.3, 0.4) is 0 Å². The predicted octanol–water partition coefficient (Wildman–Crippen LogP) is 2.32. The summed E-state index contributed by atoms with van der Waals surface area (Å²) < 4.78 is 1.45. The van der Waals surface area contributed by atoms with Crippen molar-refractivity contribution in [2.45, 2.75) is 6.42 Å². The van der Waals surface area contributed by atoms with Crippen molar-refractivity contribution in [2.24, 2.45) is 0 Å². The van der Waals surface area contributed by atoms with Gasteiger partial charge in [0.1, 0.15) is 0 Å². The number of carboxylic acids is 1. The molecule has 0 aliphatic heterocycles. The second-order valence-corrected chi connectivity index (χ2v) is 5.42. The number of nitrogens with one attached hydrogen (secondary N) is 1. The Bertz CT molecular complexity index is 860. The van der Waals surface area contributed by atoms with E-state index < -0.39 is 5.97 Å². The van der Waals surface area contributed by atoms with Gasteiger partial charge in [0.05, 0.1) is 17.4 Å². The van der Waals surface area contributed by atoms with Gasteiger partial charge in [-0.2, -0.15) is 4.98 Å². The first kappa shape index (κ1) is 15.1. The lowest BCUT2D eigenvalue weighted by Crippen LogP contribution is -2.11. The van der Waals surface area contributed by atoms with E-state index in [1.165, 1.54) is 10.6 Å². The molecular weight excluding hydrogens is 318 g/mol. The largest absolute Gasteiger partial charge is 0.478 e. The molecule has 0 aliphatic carbocycles. The molecule has 2 aromatic heterocycles. The van der Waals surface area contributed by atoms with Crippen molar-refractivity contribution < 1.29 is 9.90 Å². The number of hydrogen-bond acceptors (Lipinski definition) is 5. The van der Waals surface area contributed by atoms with Crippen LogP contribution in [0.4, 0.5) is 11.6 Å². The van der Waals surface area contributed by atoms with Crippen molar-refractivity contribution in [1.29, 1.82) is 0 Å². The normalized spacial score (nSPS) is 10.8. The van der Waals surface area contributed by atoms with Gasteiger partial charge in [-0.15, -0.1) is 5.10 Å². The molecule has 3 rings (SSSR count). The average Bonchev–Trinajstić information content (AvgIpc) is 2.87. The minimum Gasteiger partial charge on any atom is -0.478 e. The number of fused-ring (bicyclic) bond motifs is 1. The Morgan fingerprint density at radius 1 is 1.35 bits per heavy atom. The molecule has 0 radical (unpaired) electrons. The minimum absolute atomic E-state index is 0.0969. The summed E-state index contributed by atoms with van der Waals surface area (Å²) in [5, 5.41) is 17.1. The number of aromatic nitrogens is 3. The lowest BCUT2D eigenvalue weighted by atomic mass is 10.1. The highest BCUT2D eigenvalue weighted by Crippen LogP contribution is 2.18. The van der Waals surface area contributed by atoms with Gasteiger partial charge in [-0.05, 0) is 30.2 Å². The fourth-order valence-electron chi connectivity index (χ4n) is 2.26. The van der Waals surface area contributed by atoms with Gasteiger partial charge in [-0.1, -0.05) is 23.7 Å². The van der Waals surface area contributed by atoms with E-state index in [4.69, 9.17) is 17.3 Å². The molecule has 7 nitrogen and oxygen atoms in total. The van der Waals surface area contributed by atoms with Gasteiger partial charge in [0.25, 0.3) is 0 Å². The second-order valence-electron chi connectivity index (χ2n) is 4.98. The molecule has 0 saturated heterocycles. The highest BCUT2D eigenvalue weighted by molar-refractivity contribution is 6.30. The number of hydrogen-bond donors (Lipinski definition) is 3. The van der Waals surface area contributed by atoms with Crippen molar-refractivity contribution in [3.8, 4) is 0 Å². The van der Waals surface area contributed by atoms with Crippen LogP contribution in [0.25, 0.3) is 5.65 Å². The van der Waals surface area contributed by atoms with E-state index in [1.807, 2.05) is 24.3 Å². The molecule has 0 aliphatic rings. The summed E-state index contributed by atoms with van der Waals surface area (Å²) in [6.07, 6.45) is 2.30. The van der Waals surface area contributed by atoms with E-state index in [9.17, 15) is 9.90 Å². The standard InChI is InChI=1S/C15H14ClN5O2/c16-10-3-1-9(2-4-10)5-6-18-12-8-21-13(19-15(17)20-21)7-11(12)14(22)23/h1-4,7-8,18H,5-6H2,(H2,17,20)(H,22,23). The molecule has 0 spiro atoms. The SMILES string of the molecule is Nc1nc2cc(C(=O)O)c(NCCc3ccc(Cl)cc3)cn2n1. The van der Waals surface area contributed by atoms with Crippen molar-refractivity contribution >= 4 is 34.9 Å². The van der Waals surface area contributed by atoms with Crippen LogP contribution in [0.2, 0.25) is 5.02 Å². The highest BCUT2D eigenvalue weighted by Gasteiger charge is 2.13. The van der Waals surface area contributed by atoms with Crippen LogP contribution >= 0.6 is 11.6 Å². The number of pyridine rings is 1. The first-order chi connectivity index (χ1) is 11.0. The molecule has 0 bridgehead atoms. The van der Waals surface area contributed by atoms with Crippen LogP contribution < -0.4 is 11.1 Å². The third-order valence-electron chi connectivity index (χ3n) is 3.36. The number of nitrogen functional groups attached to an aromatic ring is 1. The van der Waals surface area contributed by atoms with Crippen molar-refractivity contribution in [1.82, 2.24) is 14.6 Å². The van der Waals surface area contributed by atoms with Crippen molar-refractivity contribution in [3.63, 3.8) is 0 Å². The van der Waals surface area contributed by atoms with Gasteiger partial charge in [-0.3, -0.25) is 0 Å². The van der Waals surface area contributed by atoms with Crippen molar-refractivity contribution in [3.05, 3.63) is 52.7 Å². The zero-order valence-electron chi connectivity index (χ0n) is 12.0. The summed E-state index contributed by atoms with van der Waals surface area (Å²) in [4.78, 5) is 15.4. The Labute approximate surface area is 136 Å². The smallest absolute Gasteiger partial charge is 0.337 e. The Morgan fingerprint density at radius 3 is 2.78 bits per heavy atom. The molecule has 118 valence electrons. The number of nitrogens with two attached hydrogens (primary N) is 1. The molecule has 0 fully saturated rings. The zero-order valence-corrected chi connectivity index (χ0v) is 12.8. The molecule has 3 aromatic rings. The third-order valence-corrected chi connectivity index (χ3v) is 3.61. The number of aromatic carboxylic acids is 1. The molecule has 0 atom stereocenters. The summed E-state index contributed by atoms with van der Waals surface area (Å²) >= 11 is 5.85. The zero-order chi connectivity index (χ0) is 16.4. The molecule has 1 aromatic carbocycles. The van der Waals surface area contributed by atoms with Gasteiger partial charge in [0.15, 0.2) is 5.65 Å². The monoisotopic (exact) mass is 331 g/mol. The van der Waals surface area contributed by atoms with Crippen molar-refractivity contribution in [2.75, 3.05) is 17.6 Å². The lowest BCUT2D eigenvalue weighted by Gasteiger charge is -2.10. The summed E-state index contributed by atoms with van der Waals surface area (Å²) in [6.45, 7) is 0.567. The summed E-state index contributed by atoms with van der Waals surface area (Å²) in [5.74, 6) is -0.942. The van der Waals surface area contributed by atoms with Crippen LogP contribution in [-0.4, -0.2) is 32.2 Å². The number of rotatable bonds is 5. The highest BCUT2D eigenvalue weighted by atomic mass is 35.5. The van der Waals surface area contributed by atoms with Crippen LogP contribution in [0, 0.1) is 0 Å². The predicted molar refractivity (Wildman–Crippen MR) is 88.0 cm³/mol. The number of carbonyl (C=O) groups is 1. The summed E-state index contributed by atoms with van der Waals surface area (Å²) in [5.41, 5.74) is 7.61. The van der Waals surface area contributed by atoms with Crippen LogP contribution in [-0.2, 0) is 6.42 Å². The molecule has 8 heteroatoms. The van der Waals surface area contributed by atoms with Gasteiger partial charge in [0, 0.05) is 11.6 Å². The van der Waals surface area contributed by atoms with E-state index >= 15 is 0 Å². The topological polar surface area (TPSA) is 106 Å². The van der Waals surface area contributed by atoms with Crippen LogP contribution in [0.5, 0.6) is 0 Å². The second kappa shape index (κ2) is 6.13. The van der Waals surface area contributed by atoms with Gasteiger partial charge in [0.2, 0.25) is 5.95 Å². The Kier molecular flexibility index (Phi) is 4.03. The van der Waals surface area contributed by atoms with E-state index in [1.54, 1.807) is 6.20 Å². The van der Waals surface area contributed by atoms with E-state index in [-0.39, 0.29) is 11.5 Å². The maximum absolute atomic E-state index is 11.4. The molecule has 2 heterocycles. The third kappa shape index (κ3) is 3.35. The van der Waals surface area contributed by atoms with Gasteiger partial charge >= 0.3 is 5.97 Å². The average molecular weight is 332 g/mol. The van der Waals surface area contributed by atoms with Gasteiger partial charge in [-0.25, -0.2) is 9.31 Å². The Balaban J connectivity index is 1.79. The molecule has 23 heavy (non-hydrogen) atoms. The van der Waals surface area contributed by atoms with E-state index in [2.05, 4.69) is 15.4 Å². The summed E-state index contributed by atoms with van der Waals surface area (Å²) in [6, 6.07) is 8.96. The fraction of sp³-hybridized carbons (Fsp3) is 0.133. The van der Waals surface area contributed by atoms with E-state index in [0.717, 1.165) is 12.0 Å². The number of anilines is 2. The molecular formula is C15H14ClN5O2. The number of benzene rings is 1. The number of nitrogens with zero attached hydrogens (tertiary/aromatic N) is 3. The Hall–Kier alpha value is -2.80. The maximum atomic E-state index is 11.4. The quantitative estimate of drug-likeness (QED) is 0.662. The minimum atomic E-state index is -1.04. The number of carboxylic acid groups (broad SMARTS) is 1. The molecule has 0 amide bonds. The lowest BCUT2D eigenvalue weighted by molar-refractivity contribution is 0.0698. The Morgan fingerprint density at radius 2 is 2.09 bits per heavy atom. The number of halogens is 1. The van der Waals surface area contributed by atoms with Crippen LogP contribution in [0.15, 0.2) is 36.5 Å². The van der Waals surface area contributed by atoms with E-state index in [0.29, 0.717) is 22.9 Å². The maximum Gasteiger partial charge on any atom is 0.337 e. The first-order valence-corrected chi connectivity index (χ1v) is 7.28. The molecule has 0 unspecified atom stereocenters.